The summed E-state index contributed by atoms with van der Waals surface area (Å²) in [4.78, 5) is 11.8. The minimum Gasteiger partial charge on any atom is -0.399 e. The molecule has 5 nitrogen and oxygen atoms in total. The molecule has 0 aliphatic carbocycles. The molecule has 7 heteroatoms. The maximum absolute atomic E-state index is 11.8. The summed E-state index contributed by atoms with van der Waals surface area (Å²) in [5, 5.41) is 6.39. The van der Waals surface area contributed by atoms with Gasteiger partial charge in [0.05, 0.1) is 15.6 Å². The van der Waals surface area contributed by atoms with E-state index < -0.39 is 5.91 Å². The third-order valence-electron chi connectivity index (χ3n) is 1.97. The first-order valence-corrected chi connectivity index (χ1v) is 5.30. The van der Waals surface area contributed by atoms with Crippen LogP contribution in [0.2, 0.25) is 10.0 Å². The van der Waals surface area contributed by atoms with Crippen LogP contribution in [0.1, 0.15) is 10.4 Å². The summed E-state index contributed by atoms with van der Waals surface area (Å²) >= 11 is 11.7. The van der Waals surface area contributed by atoms with Crippen LogP contribution in [0, 0.1) is 0 Å². The van der Waals surface area contributed by atoms with Crippen LogP contribution < -0.4 is 11.1 Å². The van der Waals surface area contributed by atoms with Crippen LogP contribution in [0.5, 0.6) is 0 Å². The van der Waals surface area contributed by atoms with Gasteiger partial charge in [0.25, 0.3) is 5.91 Å². The van der Waals surface area contributed by atoms with E-state index in [2.05, 4.69) is 15.0 Å². The fraction of sp³-hybridized carbons (Fsp3) is 0. The molecule has 1 aromatic heterocycles. The number of carbonyl (C=O) groups excluding carboxylic acids is 1. The van der Waals surface area contributed by atoms with Gasteiger partial charge in [-0.3, -0.25) is 4.79 Å². The SMILES string of the molecule is Nc1cc(Cl)c(Cl)c(C(=O)Nc2ccon2)c1. The number of rotatable bonds is 2. The van der Waals surface area contributed by atoms with Gasteiger partial charge in [-0.05, 0) is 12.1 Å². The number of benzene rings is 1. The molecular formula is C10H7Cl2N3O2. The number of carbonyl (C=O) groups is 1. The first-order chi connectivity index (χ1) is 8.08. The van der Waals surface area contributed by atoms with Gasteiger partial charge in [0, 0.05) is 11.8 Å². The zero-order valence-electron chi connectivity index (χ0n) is 8.41. The second-order valence-corrected chi connectivity index (χ2v) is 3.99. The molecule has 2 rings (SSSR count). The fourth-order valence-electron chi connectivity index (χ4n) is 1.24. The highest BCUT2D eigenvalue weighted by Gasteiger charge is 2.15. The van der Waals surface area contributed by atoms with E-state index in [9.17, 15) is 4.79 Å². The number of hydrogen-bond donors (Lipinski definition) is 2. The third kappa shape index (κ3) is 2.51. The molecule has 0 unspecified atom stereocenters. The number of aromatic nitrogens is 1. The van der Waals surface area contributed by atoms with Gasteiger partial charge in [-0.1, -0.05) is 28.4 Å². The van der Waals surface area contributed by atoms with E-state index in [4.69, 9.17) is 28.9 Å². The van der Waals surface area contributed by atoms with E-state index in [1.165, 1.54) is 24.5 Å². The molecule has 1 aromatic carbocycles. The summed E-state index contributed by atoms with van der Waals surface area (Å²) in [5.74, 6) is -0.178. The van der Waals surface area contributed by atoms with Gasteiger partial charge < -0.3 is 15.6 Å². The Hall–Kier alpha value is -1.72. The van der Waals surface area contributed by atoms with E-state index in [1.54, 1.807) is 0 Å². The Morgan fingerprint density at radius 3 is 2.82 bits per heavy atom. The largest absolute Gasteiger partial charge is 0.399 e. The standard InChI is InChI=1S/C10H7Cl2N3O2/c11-7-4-5(13)3-6(9(7)12)10(16)14-8-1-2-17-15-8/h1-4H,13H2,(H,14,15,16). The zero-order valence-corrected chi connectivity index (χ0v) is 9.92. The van der Waals surface area contributed by atoms with Gasteiger partial charge in [-0.2, -0.15) is 0 Å². The topological polar surface area (TPSA) is 81.2 Å². The molecule has 17 heavy (non-hydrogen) atoms. The Bertz CT molecular complexity index is 555. The van der Waals surface area contributed by atoms with Crippen molar-refractivity contribution in [3.05, 3.63) is 40.1 Å². The van der Waals surface area contributed by atoms with Gasteiger partial charge in [0.2, 0.25) is 0 Å². The van der Waals surface area contributed by atoms with Gasteiger partial charge in [-0.25, -0.2) is 0 Å². The van der Waals surface area contributed by atoms with Gasteiger partial charge in [0.15, 0.2) is 5.82 Å². The summed E-state index contributed by atoms with van der Waals surface area (Å²) in [6.07, 6.45) is 1.34. The molecule has 1 heterocycles. The predicted molar refractivity (Wildman–Crippen MR) is 65.3 cm³/mol. The lowest BCUT2D eigenvalue weighted by Gasteiger charge is -2.06. The van der Waals surface area contributed by atoms with Crippen molar-refractivity contribution in [2.24, 2.45) is 0 Å². The van der Waals surface area contributed by atoms with E-state index in [0.29, 0.717) is 5.69 Å². The van der Waals surface area contributed by atoms with Crippen LogP contribution in [0.3, 0.4) is 0 Å². The number of nitrogens with one attached hydrogen (secondary N) is 1. The van der Waals surface area contributed by atoms with Crippen LogP contribution in [-0.4, -0.2) is 11.1 Å². The molecule has 1 amide bonds. The maximum Gasteiger partial charge on any atom is 0.258 e. The Balaban J connectivity index is 2.31. The summed E-state index contributed by atoms with van der Waals surface area (Å²) in [6, 6.07) is 4.40. The lowest BCUT2D eigenvalue weighted by Crippen LogP contribution is -2.13. The molecule has 88 valence electrons. The van der Waals surface area contributed by atoms with Crippen LogP contribution in [0.25, 0.3) is 0 Å². The van der Waals surface area contributed by atoms with E-state index in [1.807, 2.05) is 0 Å². The minimum absolute atomic E-state index is 0.141. The van der Waals surface area contributed by atoms with Crippen molar-refractivity contribution in [2.45, 2.75) is 0 Å². The van der Waals surface area contributed by atoms with Crippen molar-refractivity contribution in [3.8, 4) is 0 Å². The lowest BCUT2D eigenvalue weighted by atomic mass is 10.2. The number of hydrogen-bond acceptors (Lipinski definition) is 4. The van der Waals surface area contributed by atoms with Crippen molar-refractivity contribution in [3.63, 3.8) is 0 Å². The summed E-state index contributed by atoms with van der Waals surface area (Å²) in [6.45, 7) is 0. The second kappa shape index (κ2) is 4.65. The van der Waals surface area contributed by atoms with E-state index in [0.717, 1.165) is 0 Å². The zero-order chi connectivity index (χ0) is 12.4. The average molecular weight is 272 g/mol. The Labute approximate surface area is 106 Å². The van der Waals surface area contributed by atoms with Crippen molar-refractivity contribution in [1.29, 1.82) is 0 Å². The fourth-order valence-corrected chi connectivity index (χ4v) is 1.66. The highest BCUT2D eigenvalue weighted by atomic mass is 35.5. The van der Waals surface area contributed by atoms with Crippen LogP contribution in [-0.2, 0) is 0 Å². The van der Waals surface area contributed by atoms with E-state index >= 15 is 0 Å². The first kappa shape index (κ1) is 11.8. The molecule has 0 saturated heterocycles. The normalized spacial score (nSPS) is 10.2. The van der Waals surface area contributed by atoms with Crippen LogP contribution >= 0.6 is 23.2 Å². The molecule has 0 bridgehead atoms. The summed E-state index contributed by atoms with van der Waals surface area (Å²) in [5.41, 5.74) is 6.11. The monoisotopic (exact) mass is 271 g/mol. The van der Waals surface area contributed by atoms with Gasteiger partial charge >= 0.3 is 0 Å². The molecule has 0 aliphatic rings. The number of amides is 1. The molecule has 0 radical (unpaired) electrons. The number of nitrogens with zero attached hydrogens (tertiary/aromatic N) is 1. The van der Waals surface area contributed by atoms with Gasteiger partial charge in [0.1, 0.15) is 6.26 Å². The number of halogens is 2. The van der Waals surface area contributed by atoms with Crippen molar-refractivity contribution in [2.75, 3.05) is 11.1 Å². The molecule has 2 aromatic rings. The highest BCUT2D eigenvalue weighted by Crippen LogP contribution is 2.29. The lowest BCUT2D eigenvalue weighted by molar-refractivity contribution is 0.102. The van der Waals surface area contributed by atoms with Crippen molar-refractivity contribution >= 4 is 40.6 Å². The molecule has 0 aliphatic heterocycles. The summed E-state index contributed by atoms with van der Waals surface area (Å²) < 4.78 is 4.58. The second-order valence-electron chi connectivity index (χ2n) is 3.20. The highest BCUT2D eigenvalue weighted by molar-refractivity contribution is 6.44. The molecular weight excluding hydrogens is 265 g/mol. The molecule has 3 N–H and O–H groups in total. The van der Waals surface area contributed by atoms with Crippen LogP contribution in [0.15, 0.2) is 29.0 Å². The predicted octanol–water partition coefficient (Wildman–Crippen LogP) is 2.82. The Morgan fingerprint density at radius 1 is 1.41 bits per heavy atom. The number of nitrogen functional groups attached to an aromatic ring is 1. The van der Waals surface area contributed by atoms with Crippen LogP contribution in [0.4, 0.5) is 11.5 Å². The first-order valence-electron chi connectivity index (χ1n) is 4.54. The molecule has 0 spiro atoms. The Kier molecular flexibility index (Phi) is 3.21. The molecule has 0 atom stereocenters. The van der Waals surface area contributed by atoms with E-state index in [-0.39, 0.29) is 21.4 Å². The van der Waals surface area contributed by atoms with Gasteiger partial charge in [-0.15, -0.1) is 0 Å². The minimum atomic E-state index is -0.460. The summed E-state index contributed by atoms with van der Waals surface area (Å²) in [7, 11) is 0. The van der Waals surface area contributed by atoms with Crippen molar-refractivity contribution < 1.29 is 9.32 Å². The molecule has 0 saturated carbocycles. The quantitative estimate of drug-likeness (QED) is 0.823. The third-order valence-corrected chi connectivity index (χ3v) is 2.78. The Morgan fingerprint density at radius 2 is 2.18 bits per heavy atom. The number of nitrogens with two attached hydrogens (primary N) is 1. The molecule has 0 fully saturated rings. The van der Waals surface area contributed by atoms with Crippen molar-refractivity contribution in [1.82, 2.24) is 5.16 Å². The smallest absolute Gasteiger partial charge is 0.258 e. The maximum atomic E-state index is 11.8. The average Bonchev–Trinajstić information content (AvgIpc) is 2.76. The number of anilines is 2.